The number of rotatable bonds is 2. The van der Waals surface area contributed by atoms with Crippen molar-refractivity contribution in [2.45, 2.75) is 4.90 Å². The van der Waals surface area contributed by atoms with Crippen molar-refractivity contribution in [3.63, 3.8) is 0 Å². The van der Waals surface area contributed by atoms with E-state index in [-0.39, 0.29) is 0 Å². The third kappa shape index (κ3) is 2.29. The first-order chi connectivity index (χ1) is 5.24. The van der Waals surface area contributed by atoms with Crippen molar-refractivity contribution in [1.82, 2.24) is 0 Å². The molecule has 0 aliphatic carbocycles. The summed E-state index contributed by atoms with van der Waals surface area (Å²) in [6, 6.07) is 7.27. The maximum Gasteiger partial charge on any atom is 0.165 e. The molecule has 58 valence electrons. The molecule has 0 heterocycles. The van der Waals surface area contributed by atoms with E-state index in [0.29, 0.717) is 0 Å². The second-order valence-electron chi connectivity index (χ2n) is 2.02. The van der Waals surface area contributed by atoms with Crippen molar-refractivity contribution in [1.29, 1.82) is 0 Å². The van der Waals surface area contributed by atoms with E-state index < -0.39 is 10.2 Å². The molecule has 1 aromatic rings. The first-order valence-corrected chi connectivity index (χ1v) is 5.27. The van der Waals surface area contributed by atoms with Crippen LogP contribution in [0.5, 0.6) is 0 Å². The zero-order chi connectivity index (χ0) is 8.27. The van der Waals surface area contributed by atoms with Crippen molar-refractivity contribution >= 4 is 27.9 Å². The van der Waals surface area contributed by atoms with Crippen molar-refractivity contribution < 1.29 is 4.55 Å². The summed E-state index contributed by atoms with van der Waals surface area (Å²) in [6.07, 6.45) is 1.74. The van der Waals surface area contributed by atoms with Gasteiger partial charge in [0.25, 0.3) is 0 Å². The molecular weight excluding hydrogens is 176 g/mol. The zero-order valence-corrected chi connectivity index (χ0v) is 7.57. The summed E-state index contributed by atoms with van der Waals surface area (Å²) < 4.78 is 10.8. The van der Waals surface area contributed by atoms with Crippen LogP contribution < -0.4 is 0 Å². The molecule has 1 rings (SSSR count). The van der Waals surface area contributed by atoms with Crippen LogP contribution in [0.15, 0.2) is 35.7 Å². The molecule has 0 saturated heterocycles. The molecular formula is C8H8OS2. The molecule has 3 heteroatoms. The minimum Gasteiger partial charge on any atom is -0.600 e. The Hall–Kier alpha value is -0.380. The molecule has 0 N–H and O–H groups in total. The lowest BCUT2D eigenvalue weighted by Crippen LogP contribution is -1.89. The Kier molecular flexibility index (Phi) is 3.05. The minimum absolute atomic E-state index is 0.721. The van der Waals surface area contributed by atoms with Gasteiger partial charge in [-0.15, -0.1) is 0 Å². The van der Waals surface area contributed by atoms with Gasteiger partial charge in [-0.1, -0.05) is 12.7 Å². The van der Waals surface area contributed by atoms with Gasteiger partial charge in [0.15, 0.2) is 4.90 Å². The van der Waals surface area contributed by atoms with Gasteiger partial charge in [0.2, 0.25) is 0 Å². The maximum atomic E-state index is 10.8. The van der Waals surface area contributed by atoms with Crippen molar-refractivity contribution in [2.24, 2.45) is 0 Å². The quantitative estimate of drug-likeness (QED) is 0.425. The molecule has 0 aromatic heterocycles. The predicted molar refractivity (Wildman–Crippen MR) is 51.9 cm³/mol. The molecule has 0 spiro atoms. The predicted octanol–water partition coefficient (Wildman–Crippen LogP) is 2.28. The maximum absolute atomic E-state index is 10.8. The van der Waals surface area contributed by atoms with Gasteiger partial charge >= 0.3 is 0 Å². The Balaban J connectivity index is 2.91. The molecule has 1 atom stereocenters. The fourth-order valence-corrected chi connectivity index (χ4v) is 1.45. The minimum atomic E-state index is -1.18. The average Bonchev–Trinajstić information content (AvgIpc) is 2.05. The molecule has 11 heavy (non-hydrogen) atoms. The fourth-order valence-electron chi connectivity index (χ4n) is 0.720. The van der Waals surface area contributed by atoms with Gasteiger partial charge in [-0.25, -0.2) is 0 Å². The molecule has 0 saturated carbocycles. The summed E-state index contributed by atoms with van der Waals surface area (Å²) in [5.41, 5.74) is 1.02. The normalized spacial score (nSPS) is 12.5. The number of hydrogen-bond donors (Lipinski definition) is 1. The number of hydrogen-bond acceptors (Lipinski definition) is 2. The van der Waals surface area contributed by atoms with Crippen LogP contribution in [-0.4, -0.2) is 4.55 Å². The van der Waals surface area contributed by atoms with Crippen LogP contribution in [0, 0.1) is 0 Å². The third-order valence-corrected chi connectivity index (χ3v) is 2.63. The van der Waals surface area contributed by atoms with Gasteiger partial charge in [-0.3, -0.25) is 0 Å². The molecule has 0 fully saturated rings. The molecule has 0 radical (unpaired) electrons. The zero-order valence-electron chi connectivity index (χ0n) is 5.86. The first kappa shape index (κ1) is 8.71. The van der Waals surface area contributed by atoms with Crippen molar-refractivity contribution in [2.75, 3.05) is 0 Å². The van der Waals surface area contributed by atoms with Crippen molar-refractivity contribution in [3.8, 4) is 0 Å². The molecule has 1 aromatic carbocycles. The second kappa shape index (κ2) is 3.85. The van der Waals surface area contributed by atoms with Crippen LogP contribution in [0.1, 0.15) is 5.56 Å². The van der Waals surface area contributed by atoms with E-state index in [1.807, 2.05) is 12.1 Å². The summed E-state index contributed by atoms with van der Waals surface area (Å²) in [4.78, 5) is 0.721. The monoisotopic (exact) mass is 184 g/mol. The standard InChI is InChI=1S/C8H8OS2/c1-2-7-3-5-8(6-4-7)11(9)10/h2-6H,1H2,(H,9,10). The average molecular weight is 184 g/mol. The lowest BCUT2D eigenvalue weighted by molar-refractivity contribution is 0.610. The largest absolute Gasteiger partial charge is 0.600 e. The lowest BCUT2D eigenvalue weighted by Gasteiger charge is -2.00. The van der Waals surface area contributed by atoms with Crippen LogP contribution in [0.25, 0.3) is 6.08 Å². The molecule has 1 unspecified atom stereocenters. The number of thiol groups is 1. The van der Waals surface area contributed by atoms with Crippen LogP contribution >= 0.6 is 11.7 Å². The highest BCUT2D eigenvalue weighted by atomic mass is 33.1. The summed E-state index contributed by atoms with van der Waals surface area (Å²) in [6.45, 7) is 3.61. The van der Waals surface area contributed by atoms with Crippen LogP contribution in [0.4, 0.5) is 0 Å². The summed E-state index contributed by atoms with van der Waals surface area (Å²) in [7, 11) is -1.18. The van der Waals surface area contributed by atoms with Crippen LogP contribution in [0.3, 0.4) is 0 Å². The third-order valence-electron chi connectivity index (χ3n) is 1.32. The highest BCUT2D eigenvalue weighted by Gasteiger charge is 2.02. The van der Waals surface area contributed by atoms with E-state index in [9.17, 15) is 4.55 Å². The van der Waals surface area contributed by atoms with Crippen molar-refractivity contribution in [3.05, 3.63) is 36.4 Å². The first-order valence-electron chi connectivity index (χ1n) is 3.07. The molecule has 0 bridgehead atoms. The van der Waals surface area contributed by atoms with E-state index in [2.05, 4.69) is 18.2 Å². The Morgan fingerprint density at radius 1 is 1.36 bits per heavy atom. The van der Waals surface area contributed by atoms with E-state index in [4.69, 9.17) is 0 Å². The lowest BCUT2D eigenvalue weighted by atomic mass is 10.2. The van der Waals surface area contributed by atoms with E-state index in [1.54, 1.807) is 18.2 Å². The van der Waals surface area contributed by atoms with E-state index in [0.717, 1.165) is 10.5 Å². The van der Waals surface area contributed by atoms with Gasteiger partial charge in [-0.2, -0.15) is 0 Å². The molecule has 1 nitrogen and oxygen atoms in total. The molecule has 0 aliphatic heterocycles. The summed E-state index contributed by atoms with van der Waals surface area (Å²) in [5.74, 6) is 0. The van der Waals surface area contributed by atoms with E-state index in [1.165, 1.54) is 0 Å². The molecule has 0 amide bonds. The van der Waals surface area contributed by atoms with Gasteiger partial charge in [0.05, 0.1) is 21.9 Å². The van der Waals surface area contributed by atoms with Gasteiger partial charge in [0, 0.05) is 0 Å². The van der Waals surface area contributed by atoms with Gasteiger partial charge in [0.1, 0.15) is 0 Å². The summed E-state index contributed by atoms with van der Waals surface area (Å²) >= 11 is 3.80. The Labute approximate surface area is 74.1 Å². The fraction of sp³-hybridized carbons (Fsp3) is 0. The van der Waals surface area contributed by atoms with Gasteiger partial charge < -0.3 is 4.55 Å². The van der Waals surface area contributed by atoms with Crippen LogP contribution in [0.2, 0.25) is 0 Å². The number of benzene rings is 1. The van der Waals surface area contributed by atoms with E-state index >= 15 is 0 Å². The Bertz CT molecular complexity index is 241. The second-order valence-corrected chi connectivity index (χ2v) is 3.99. The smallest absolute Gasteiger partial charge is 0.165 e. The molecule has 0 aliphatic rings. The summed E-state index contributed by atoms with van der Waals surface area (Å²) in [5, 5.41) is 0. The van der Waals surface area contributed by atoms with Gasteiger partial charge in [-0.05, 0) is 29.8 Å². The highest BCUT2D eigenvalue weighted by molar-refractivity contribution is 8.63. The Morgan fingerprint density at radius 2 is 1.91 bits per heavy atom. The van der Waals surface area contributed by atoms with Crippen LogP contribution in [-0.2, 0) is 10.2 Å². The highest BCUT2D eigenvalue weighted by Crippen LogP contribution is 2.14. The SMILES string of the molecule is C=Cc1ccc([S+]([O-])S)cc1. The Morgan fingerprint density at radius 3 is 2.27 bits per heavy atom. The topological polar surface area (TPSA) is 23.1 Å².